The molecule has 0 saturated heterocycles. The minimum absolute atomic E-state index is 0.513. The van der Waals surface area contributed by atoms with Gasteiger partial charge >= 0.3 is 0 Å². The molecule has 5 rings (SSSR count). The summed E-state index contributed by atoms with van der Waals surface area (Å²) in [7, 11) is 0. The highest BCUT2D eigenvalue weighted by molar-refractivity contribution is 5.92. The molecule has 2 N–H and O–H groups in total. The summed E-state index contributed by atoms with van der Waals surface area (Å²) in [6, 6.07) is 21.9. The van der Waals surface area contributed by atoms with Crippen LogP contribution in [-0.4, -0.2) is 19.9 Å². The van der Waals surface area contributed by atoms with Crippen molar-refractivity contribution in [2.45, 2.75) is 6.92 Å². The number of para-hydroxylation sites is 2. The monoisotopic (exact) mass is 378 g/mol. The van der Waals surface area contributed by atoms with E-state index < -0.39 is 0 Å². The molecule has 2 aromatic carbocycles. The van der Waals surface area contributed by atoms with E-state index in [9.17, 15) is 0 Å². The molecule has 0 fully saturated rings. The molecule has 140 valence electrons. The summed E-state index contributed by atoms with van der Waals surface area (Å²) in [4.78, 5) is 18.2. The largest absolute Gasteiger partial charge is 0.338 e. The van der Waals surface area contributed by atoms with E-state index in [4.69, 9.17) is 0 Å². The predicted octanol–water partition coefficient (Wildman–Crippen LogP) is 5.37. The number of aryl methyl sites for hydroxylation is 1. The highest BCUT2D eigenvalue weighted by Gasteiger charge is 2.08. The third-order valence-corrected chi connectivity index (χ3v) is 4.63. The van der Waals surface area contributed by atoms with Crippen molar-refractivity contribution in [3.63, 3.8) is 0 Å². The maximum atomic E-state index is 4.65. The second-order valence-corrected chi connectivity index (χ2v) is 6.73. The number of pyridine rings is 2. The standard InChI is InChI=1S/C23H18N6/c1-15-14-20(27-18-10-2-6-16-8-4-12-24-21(16)18)29-23(26-15)28-19-11-3-7-17-9-5-13-25-22(17)19/h2-14H,1H3,(H2,26,27,28,29). The number of fused-ring (bicyclic) bond motifs is 2. The van der Waals surface area contributed by atoms with E-state index in [1.165, 1.54) is 0 Å². The number of benzene rings is 2. The van der Waals surface area contributed by atoms with E-state index in [0.29, 0.717) is 11.8 Å². The maximum Gasteiger partial charge on any atom is 0.229 e. The molecule has 0 atom stereocenters. The fourth-order valence-electron chi connectivity index (χ4n) is 3.36. The van der Waals surface area contributed by atoms with E-state index in [-0.39, 0.29) is 0 Å². The van der Waals surface area contributed by atoms with Crippen molar-refractivity contribution >= 4 is 44.9 Å². The van der Waals surface area contributed by atoms with Crippen molar-refractivity contribution in [1.29, 1.82) is 0 Å². The Balaban J connectivity index is 1.50. The van der Waals surface area contributed by atoms with Gasteiger partial charge in [0.05, 0.1) is 22.4 Å². The van der Waals surface area contributed by atoms with Crippen LogP contribution in [0.4, 0.5) is 23.1 Å². The fourth-order valence-corrected chi connectivity index (χ4v) is 3.36. The molecule has 0 unspecified atom stereocenters. The predicted molar refractivity (Wildman–Crippen MR) is 117 cm³/mol. The summed E-state index contributed by atoms with van der Waals surface area (Å²) in [5.41, 5.74) is 4.41. The van der Waals surface area contributed by atoms with Gasteiger partial charge in [-0.15, -0.1) is 0 Å². The lowest BCUT2D eigenvalue weighted by Crippen LogP contribution is -2.03. The highest BCUT2D eigenvalue weighted by Crippen LogP contribution is 2.26. The zero-order chi connectivity index (χ0) is 19.6. The number of rotatable bonds is 4. The molecule has 0 aliphatic heterocycles. The number of hydrogen-bond donors (Lipinski definition) is 2. The first-order chi connectivity index (χ1) is 14.3. The van der Waals surface area contributed by atoms with Gasteiger partial charge in [-0.25, -0.2) is 4.98 Å². The summed E-state index contributed by atoms with van der Waals surface area (Å²) < 4.78 is 0. The third-order valence-electron chi connectivity index (χ3n) is 4.63. The van der Waals surface area contributed by atoms with Crippen LogP contribution in [0, 0.1) is 6.92 Å². The average molecular weight is 378 g/mol. The molecule has 0 spiro atoms. The van der Waals surface area contributed by atoms with Gasteiger partial charge in [0.15, 0.2) is 0 Å². The molecular formula is C23H18N6. The van der Waals surface area contributed by atoms with Crippen LogP contribution in [0.25, 0.3) is 21.8 Å². The van der Waals surface area contributed by atoms with Crippen molar-refractivity contribution in [2.75, 3.05) is 10.6 Å². The van der Waals surface area contributed by atoms with Gasteiger partial charge in [-0.3, -0.25) is 9.97 Å². The van der Waals surface area contributed by atoms with Gasteiger partial charge < -0.3 is 10.6 Å². The quantitative estimate of drug-likeness (QED) is 0.438. The second kappa shape index (κ2) is 7.16. The van der Waals surface area contributed by atoms with Crippen LogP contribution in [-0.2, 0) is 0 Å². The number of nitrogens with zero attached hydrogens (tertiary/aromatic N) is 4. The summed E-state index contributed by atoms with van der Waals surface area (Å²) in [6.07, 6.45) is 3.57. The molecule has 0 bridgehead atoms. The Labute approximate surface area is 167 Å². The van der Waals surface area contributed by atoms with Gasteiger partial charge in [0, 0.05) is 34.9 Å². The van der Waals surface area contributed by atoms with Crippen molar-refractivity contribution in [2.24, 2.45) is 0 Å². The lowest BCUT2D eigenvalue weighted by molar-refractivity contribution is 1.11. The molecule has 0 aliphatic rings. The minimum atomic E-state index is 0.513. The van der Waals surface area contributed by atoms with Crippen LogP contribution in [0.5, 0.6) is 0 Å². The molecule has 3 aromatic heterocycles. The van der Waals surface area contributed by atoms with Crippen LogP contribution in [0.1, 0.15) is 5.69 Å². The first kappa shape index (κ1) is 17.1. The zero-order valence-corrected chi connectivity index (χ0v) is 15.8. The Morgan fingerprint density at radius 3 is 1.90 bits per heavy atom. The Bertz CT molecular complexity index is 1220. The van der Waals surface area contributed by atoms with E-state index in [0.717, 1.165) is 38.9 Å². The molecule has 0 radical (unpaired) electrons. The number of nitrogens with one attached hydrogen (secondary N) is 2. The van der Waals surface area contributed by atoms with Crippen LogP contribution in [0.3, 0.4) is 0 Å². The molecule has 0 amide bonds. The van der Waals surface area contributed by atoms with Gasteiger partial charge in [0.1, 0.15) is 5.82 Å². The highest BCUT2D eigenvalue weighted by atomic mass is 15.1. The summed E-state index contributed by atoms with van der Waals surface area (Å²) >= 11 is 0. The molecule has 0 saturated carbocycles. The first-order valence-electron chi connectivity index (χ1n) is 9.33. The van der Waals surface area contributed by atoms with Gasteiger partial charge in [-0.05, 0) is 31.2 Å². The third kappa shape index (κ3) is 3.43. The molecule has 29 heavy (non-hydrogen) atoms. The normalized spacial score (nSPS) is 10.9. The van der Waals surface area contributed by atoms with Crippen molar-refractivity contribution in [3.8, 4) is 0 Å². The minimum Gasteiger partial charge on any atom is -0.338 e. The first-order valence-corrected chi connectivity index (χ1v) is 9.33. The second-order valence-electron chi connectivity index (χ2n) is 6.73. The molecular weight excluding hydrogens is 360 g/mol. The molecule has 6 heteroatoms. The average Bonchev–Trinajstić information content (AvgIpc) is 2.74. The van der Waals surface area contributed by atoms with Crippen molar-refractivity contribution < 1.29 is 0 Å². The molecule has 6 nitrogen and oxygen atoms in total. The van der Waals surface area contributed by atoms with E-state index in [1.54, 1.807) is 12.4 Å². The van der Waals surface area contributed by atoms with Crippen LogP contribution < -0.4 is 10.6 Å². The van der Waals surface area contributed by atoms with Gasteiger partial charge in [0.25, 0.3) is 0 Å². The molecule has 0 aliphatic carbocycles. The maximum absolute atomic E-state index is 4.65. The Hall–Kier alpha value is -4.06. The fraction of sp³-hybridized carbons (Fsp3) is 0.0435. The zero-order valence-electron chi connectivity index (χ0n) is 15.8. The number of aromatic nitrogens is 4. The van der Waals surface area contributed by atoms with E-state index in [1.807, 2.05) is 73.7 Å². The molecule has 5 aromatic rings. The Morgan fingerprint density at radius 1 is 0.655 bits per heavy atom. The topological polar surface area (TPSA) is 75.6 Å². The van der Waals surface area contributed by atoms with Crippen molar-refractivity contribution in [3.05, 3.63) is 84.8 Å². The van der Waals surface area contributed by atoms with Gasteiger partial charge in [0.2, 0.25) is 5.95 Å². The molecule has 3 heterocycles. The van der Waals surface area contributed by atoms with Crippen LogP contribution in [0.15, 0.2) is 79.1 Å². The van der Waals surface area contributed by atoms with Crippen LogP contribution >= 0.6 is 0 Å². The van der Waals surface area contributed by atoms with E-state index >= 15 is 0 Å². The van der Waals surface area contributed by atoms with Gasteiger partial charge in [-0.1, -0.05) is 36.4 Å². The van der Waals surface area contributed by atoms with Crippen LogP contribution in [0.2, 0.25) is 0 Å². The van der Waals surface area contributed by atoms with Gasteiger partial charge in [-0.2, -0.15) is 4.98 Å². The Kier molecular flexibility index (Phi) is 4.22. The van der Waals surface area contributed by atoms with Crippen molar-refractivity contribution in [1.82, 2.24) is 19.9 Å². The lowest BCUT2D eigenvalue weighted by atomic mass is 10.2. The number of hydrogen-bond acceptors (Lipinski definition) is 6. The summed E-state index contributed by atoms with van der Waals surface area (Å²) in [5, 5.41) is 8.83. The SMILES string of the molecule is Cc1cc(Nc2cccc3cccnc23)nc(Nc2cccc3cccnc23)n1. The van der Waals surface area contributed by atoms with E-state index in [2.05, 4.69) is 30.6 Å². The number of anilines is 4. The summed E-state index contributed by atoms with van der Waals surface area (Å²) in [6.45, 7) is 1.95. The smallest absolute Gasteiger partial charge is 0.229 e. The summed E-state index contributed by atoms with van der Waals surface area (Å²) in [5.74, 6) is 1.21. The lowest BCUT2D eigenvalue weighted by Gasteiger charge is -2.12. The Morgan fingerprint density at radius 2 is 1.24 bits per heavy atom.